The Morgan fingerprint density at radius 2 is 1.94 bits per heavy atom. The molecule has 0 atom stereocenters. The van der Waals surface area contributed by atoms with Crippen LogP contribution in [0.15, 0.2) is 42.5 Å². The van der Waals surface area contributed by atoms with Gasteiger partial charge in [0.15, 0.2) is 0 Å². The summed E-state index contributed by atoms with van der Waals surface area (Å²) in [6, 6.07) is 11.7. The van der Waals surface area contributed by atoms with Crippen molar-refractivity contribution in [3.8, 4) is 5.69 Å². The molecular weight excluding hydrogens is 253 g/mol. The Kier molecular flexibility index (Phi) is 2.45. The van der Waals surface area contributed by atoms with Gasteiger partial charge in [-0.25, -0.2) is 9.37 Å². The number of nitrogens with two attached hydrogens (primary N) is 1. The minimum absolute atomic E-state index is 0.296. The molecule has 3 aromatic rings. The molecule has 2 aromatic carbocycles. The van der Waals surface area contributed by atoms with E-state index in [4.69, 9.17) is 17.3 Å². The quantitative estimate of drug-likeness (QED) is 0.730. The number of rotatable bonds is 1. The Balaban J connectivity index is 2.34. The third-order valence-corrected chi connectivity index (χ3v) is 3.04. The molecule has 0 radical (unpaired) electrons. The zero-order valence-electron chi connectivity index (χ0n) is 9.27. The van der Waals surface area contributed by atoms with Crippen LogP contribution in [0.2, 0.25) is 5.02 Å². The molecule has 5 heteroatoms. The van der Waals surface area contributed by atoms with Crippen molar-refractivity contribution in [1.29, 1.82) is 0 Å². The largest absolute Gasteiger partial charge is 0.369 e. The SMILES string of the molecule is Nc1nc2ccccc2n1-c1ccc(F)cc1Cl. The number of hydrogen-bond acceptors (Lipinski definition) is 2. The molecule has 0 bridgehead atoms. The molecule has 0 aliphatic rings. The third-order valence-electron chi connectivity index (χ3n) is 2.74. The van der Waals surface area contributed by atoms with Gasteiger partial charge in [0.25, 0.3) is 0 Å². The van der Waals surface area contributed by atoms with E-state index in [1.165, 1.54) is 12.1 Å². The summed E-state index contributed by atoms with van der Waals surface area (Å²) in [7, 11) is 0. The predicted molar refractivity (Wildman–Crippen MR) is 70.5 cm³/mol. The summed E-state index contributed by atoms with van der Waals surface area (Å²) in [6.07, 6.45) is 0. The second-order valence-corrected chi connectivity index (χ2v) is 4.30. The first-order valence-corrected chi connectivity index (χ1v) is 5.73. The van der Waals surface area contributed by atoms with E-state index in [1.807, 2.05) is 24.3 Å². The Morgan fingerprint density at radius 3 is 2.72 bits per heavy atom. The van der Waals surface area contributed by atoms with Crippen LogP contribution < -0.4 is 5.73 Å². The second kappa shape index (κ2) is 3.99. The summed E-state index contributed by atoms with van der Waals surface area (Å²) in [4.78, 5) is 4.24. The number of imidazole rings is 1. The molecule has 18 heavy (non-hydrogen) atoms. The highest BCUT2D eigenvalue weighted by Gasteiger charge is 2.12. The van der Waals surface area contributed by atoms with Crippen LogP contribution in [0, 0.1) is 5.82 Å². The number of aromatic nitrogens is 2. The van der Waals surface area contributed by atoms with Crippen LogP contribution in [0.25, 0.3) is 16.7 Å². The molecular formula is C13H9ClFN3. The summed E-state index contributed by atoms with van der Waals surface area (Å²) < 4.78 is 14.8. The minimum Gasteiger partial charge on any atom is -0.369 e. The van der Waals surface area contributed by atoms with E-state index in [9.17, 15) is 4.39 Å². The molecule has 1 heterocycles. The van der Waals surface area contributed by atoms with Crippen molar-refractivity contribution in [2.75, 3.05) is 5.73 Å². The van der Waals surface area contributed by atoms with Crippen LogP contribution in [-0.2, 0) is 0 Å². The van der Waals surface area contributed by atoms with Crippen LogP contribution in [0.3, 0.4) is 0 Å². The number of fused-ring (bicyclic) bond motifs is 1. The Bertz CT molecular complexity index is 736. The smallest absolute Gasteiger partial charge is 0.205 e. The normalized spacial score (nSPS) is 11.0. The van der Waals surface area contributed by atoms with Crippen LogP contribution in [0.1, 0.15) is 0 Å². The maximum absolute atomic E-state index is 13.1. The van der Waals surface area contributed by atoms with Gasteiger partial charge in [-0.2, -0.15) is 0 Å². The molecule has 1 aromatic heterocycles. The second-order valence-electron chi connectivity index (χ2n) is 3.89. The van der Waals surface area contributed by atoms with Crippen molar-refractivity contribution < 1.29 is 4.39 Å². The van der Waals surface area contributed by atoms with Crippen molar-refractivity contribution in [3.63, 3.8) is 0 Å². The van der Waals surface area contributed by atoms with Gasteiger partial charge in [-0.15, -0.1) is 0 Å². The molecule has 0 saturated heterocycles. The average Bonchev–Trinajstić information content (AvgIpc) is 2.66. The maximum Gasteiger partial charge on any atom is 0.205 e. The van der Waals surface area contributed by atoms with Gasteiger partial charge < -0.3 is 5.73 Å². The van der Waals surface area contributed by atoms with Crippen molar-refractivity contribution >= 4 is 28.6 Å². The minimum atomic E-state index is -0.383. The predicted octanol–water partition coefficient (Wildman–Crippen LogP) is 3.40. The van der Waals surface area contributed by atoms with Gasteiger partial charge in [0.05, 0.1) is 21.7 Å². The van der Waals surface area contributed by atoms with Crippen molar-refractivity contribution in [2.45, 2.75) is 0 Å². The van der Waals surface area contributed by atoms with Gasteiger partial charge >= 0.3 is 0 Å². The summed E-state index contributed by atoms with van der Waals surface area (Å²) in [5, 5.41) is 0.296. The van der Waals surface area contributed by atoms with Gasteiger partial charge in [0, 0.05) is 0 Å². The van der Waals surface area contributed by atoms with Crippen molar-refractivity contribution in [1.82, 2.24) is 9.55 Å². The summed E-state index contributed by atoms with van der Waals surface area (Å²) in [5.74, 6) is -0.0588. The van der Waals surface area contributed by atoms with Crippen molar-refractivity contribution in [2.24, 2.45) is 0 Å². The van der Waals surface area contributed by atoms with Gasteiger partial charge in [0.2, 0.25) is 5.95 Å². The first-order valence-electron chi connectivity index (χ1n) is 5.35. The molecule has 3 nitrogen and oxygen atoms in total. The molecule has 0 amide bonds. The van der Waals surface area contributed by atoms with E-state index < -0.39 is 0 Å². The number of hydrogen-bond donors (Lipinski definition) is 1. The fourth-order valence-corrected chi connectivity index (χ4v) is 2.21. The number of halogens is 2. The first kappa shape index (κ1) is 11.0. The van der Waals surface area contributed by atoms with Crippen LogP contribution in [-0.4, -0.2) is 9.55 Å². The maximum atomic E-state index is 13.1. The Labute approximate surface area is 108 Å². The number of nitrogen functional groups attached to an aromatic ring is 1. The van der Waals surface area contributed by atoms with E-state index >= 15 is 0 Å². The van der Waals surface area contributed by atoms with E-state index in [-0.39, 0.29) is 5.82 Å². The van der Waals surface area contributed by atoms with E-state index in [0.29, 0.717) is 16.7 Å². The molecule has 0 spiro atoms. The molecule has 3 rings (SSSR count). The highest BCUT2D eigenvalue weighted by atomic mass is 35.5. The fourth-order valence-electron chi connectivity index (χ4n) is 1.96. The van der Waals surface area contributed by atoms with E-state index in [2.05, 4.69) is 4.98 Å². The molecule has 0 saturated carbocycles. The topological polar surface area (TPSA) is 43.8 Å². The molecule has 90 valence electrons. The zero-order chi connectivity index (χ0) is 12.7. The summed E-state index contributed by atoms with van der Waals surface area (Å²) in [6.45, 7) is 0. The zero-order valence-corrected chi connectivity index (χ0v) is 10.0. The lowest BCUT2D eigenvalue weighted by atomic mass is 10.2. The molecule has 0 unspecified atom stereocenters. The molecule has 2 N–H and O–H groups in total. The number of nitrogens with zero attached hydrogens (tertiary/aromatic N) is 2. The number of anilines is 1. The van der Waals surface area contributed by atoms with Gasteiger partial charge in [-0.3, -0.25) is 4.57 Å². The van der Waals surface area contributed by atoms with Crippen LogP contribution in [0.5, 0.6) is 0 Å². The first-order chi connectivity index (χ1) is 8.66. The number of para-hydroxylation sites is 2. The van der Waals surface area contributed by atoms with Gasteiger partial charge in [-0.05, 0) is 30.3 Å². The molecule has 0 aliphatic heterocycles. The molecule has 0 fully saturated rings. The van der Waals surface area contributed by atoms with Gasteiger partial charge in [0.1, 0.15) is 5.82 Å². The van der Waals surface area contributed by atoms with Crippen LogP contribution >= 0.6 is 11.6 Å². The average molecular weight is 262 g/mol. The highest BCUT2D eigenvalue weighted by molar-refractivity contribution is 6.32. The monoisotopic (exact) mass is 261 g/mol. The summed E-state index contributed by atoms with van der Waals surface area (Å²) in [5.41, 5.74) is 8.12. The summed E-state index contributed by atoms with van der Waals surface area (Å²) >= 11 is 6.05. The fraction of sp³-hybridized carbons (Fsp3) is 0. The number of benzene rings is 2. The Hall–Kier alpha value is -2.07. The van der Waals surface area contributed by atoms with Gasteiger partial charge in [-0.1, -0.05) is 23.7 Å². The van der Waals surface area contributed by atoms with Crippen LogP contribution in [0.4, 0.5) is 10.3 Å². The molecule has 0 aliphatic carbocycles. The standard InChI is InChI=1S/C13H9ClFN3/c14-9-7-8(15)5-6-11(9)18-12-4-2-1-3-10(12)17-13(18)16/h1-7H,(H2,16,17). The van der Waals surface area contributed by atoms with E-state index in [1.54, 1.807) is 10.6 Å². The lowest BCUT2D eigenvalue weighted by Gasteiger charge is -2.08. The highest BCUT2D eigenvalue weighted by Crippen LogP contribution is 2.28. The van der Waals surface area contributed by atoms with E-state index in [0.717, 1.165) is 11.0 Å². The Morgan fingerprint density at radius 1 is 1.17 bits per heavy atom. The lowest BCUT2D eigenvalue weighted by Crippen LogP contribution is -2.01. The van der Waals surface area contributed by atoms with Crippen molar-refractivity contribution in [3.05, 3.63) is 53.3 Å². The lowest BCUT2D eigenvalue weighted by molar-refractivity contribution is 0.627. The third kappa shape index (κ3) is 1.62.